The molecular weight excluding hydrogens is 270 g/mol. The summed E-state index contributed by atoms with van der Waals surface area (Å²) in [5.74, 6) is -1.58. The van der Waals surface area contributed by atoms with Crippen molar-refractivity contribution in [2.75, 3.05) is 12.4 Å². The first-order valence-electron chi connectivity index (χ1n) is 6.33. The second kappa shape index (κ2) is 6.67. The minimum absolute atomic E-state index is 0.0222. The number of hydrogen-bond donors (Lipinski definition) is 2. The van der Waals surface area contributed by atoms with Gasteiger partial charge in [-0.15, -0.1) is 0 Å². The number of nitrogens with one attached hydrogen (secondary N) is 1. The molecule has 0 aliphatic heterocycles. The molecule has 0 saturated heterocycles. The fourth-order valence-electron chi connectivity index (χ4n) is 1.92. The Hall–Kier alpha value is -2.66. The molecule has 5 nitrogen and oxygen atoms in total. The lowest BCUT2D eigenvalue weighted by Crippen LogP contribution is -2.16. The number of methoxy groups -OCH3 is 1. The highest BCUT2D eigenvalue weighted by Gasteiger charge is 2.15. The number of benzene rings is 2. The molecule has 5 heteroatoms. The van der Waals surface area contributed by atoms with E-state index in [-0.39, 0.29) is 11.1 Å². The SMILES string of the molecule is COCc1ccc(NC(=O)c2ccccc2C(=O)O)cc1. The fourth-order valence-corrected chi connectivity index (χ4v) is 1.92. The first-order valence-corrected chi connectivity index (χ1v) is 6.33. The van der Waals surface area contributed by atoms with Gasteiger partial charge in [0.2, 0.25) is 0 Å². The highest BCUT2D eigenvalue weighted by Crippen LogP contribution is 2.14. The minimum atomic E-state index is -1.13. The van der Waals surface area contributed by atoms with Gasteiger partial charge in [0, 0.05) is 12.8 Å². The van der Waals surface area contributed by atoms with Crippen molar-refractivity contribution in [1.29, 1.82) is 0 Å². The van der Waals surface area contributed by atoms with Crippen LogP contribution in [0, 0.1) is 0 Å². The van der Waals surface area contributed by atoms with E-state index < -0.39 is 11.9 Å². The Morgan fingerprint density at radius 3 is 2.24 bits per heavy atom. The molecule has 0 fully saturated rings. The Balaban J connectivity index is 2.16. The van der Waals surface area contributed by atoms with Crippen molar-refractivity contribution >= 4 is 17.6 Å². The highest BCUT2D eigenvalue weighted by atomic mass is 16.5. The van der Waals surface area contributed by atoms with Crippen LogP contribution in [-0.4, -0.2) is 24.1 Å². The first kappa shape index (κ1) is 14.7. The van der Waals surface area contributed by atoms with Crippen LogP contribution < -0.4 is 5.32 Å². The van der Waals surface area contributed by atoms with E-state index in [0.717, 1.165) is 5.56 Å². The van der Waals surface area contributed by atoms with Gasteiger partial charge in [0.05, 0.1) is 17.7 Å². The zero-order chi connectivity index (χ0) is 15.2. The fraction of sp³-hybridized carbons (Fsp3) is 0.125. The van der Waals surface area contributed by atoms with Crippen LogP contribution in [0.2, 0.25) is 0 Å². The molecule has 0 radical (unpaired) electrons. The van der Waals surface area contributed by atoms with E-state index in [0.29, 0.717) is 12.3 Å². The number of ether oxygens (including phenoxy) is 1. The van der Waals surface area contributed by atoms with Gasteiger partial charge in [-0.25, -0.2) is 4.79 Å². The lowest BCUT2D eigenvalue weighted by atomic mass is 10.1. The van der Waals surface area contributed by atoms with E-state index >= 15 is 0 Å². The molecule has 2 aromatic rings. The molecule has 0 bridgehead atoms. The lowest BCUT2D eigenvalue weighted by Gasteiger charge is -2.08. The van der Waals surface area contributed by atoms with Gasteiger partial charge in [0.25, 0.3) is 5.91 Å². The van der Waals surface area contributed by atoms with E-state index in [1.54, 1.807) is 31.4 Å². The monoisotopic (exact) mass is 285 g/mol. The molecule has 1 amide bonds. The van der Waals surface area contributed by atoms with Crippen LogP contribution in [0.3, 0.4) is 0 Å². The van der Waals surface area contributed by atoms with Crippen LogP contribution in [-0.2, 0) is 11.3 Å². The maximum Gasteiger partial charge on any atom is 0.336 e. The molecule has 2 rings (SSSR count). The van der Waals surface area contributed by atoms with E-state index in [2.05, 4.69) is 5.32 Å². The number of carbonyl (C=O) groups excluding carboxylic acids is 1. The molecule has 2 N–H and O–H groups in total. The Labute approximate surface area is 122 Å². The van der Waals surface area contributed by atoms with Crippen LogP contribution in [0.5, 0.6) is 0 Å². The van der Waals surface area contributed by atoms with Crippen molar-refractivity contribution in [2.24, 2.45) is 0 Å². The largest absolute Gasteiger partial charge is 0.478 e. The molecule has 0 atom stereocenters. The molecular formula is C16H15NO4. The molecule has 0 aliphatic rings. The third kappa shape index (κ3) is 3.67. The third-order valence-electron chi connectivity index (χ3n) is 2.92. The topological polar surface area (TPSA) is 75.6 Å². The van der Waals surface area contributed by atoms with Gasteiger partial charge in [-0.05, 0) is 29.8 Å². The van der Waals surface area contributed by atoms with Crippen LogP contribution in [0.15, 0.2) is 48.5 Å². The van der Waals surface area contributed by atoms with Crippen LogP contribution in [0.1, 0.15) is 26.3 Å². The van der Waals surface area contributed by atoms with E-state index in [9.17, 15) is 9.59 Å². The number of carbonyl (C=O) groups is 2. The number of amides is 1. The van der Waals surface area contributed by atoms with Crippen molar-refractivity contribution in [3.05, 3.63) is 65.2 Å². The Bertz CT molecular complexity index is 650. The summed E-state index contributed by atoms with van der Waals surface area (Å²) in [6.07, 6.45) is 0. The highest BCUT2D eigenvalue weighted by molar-refractivity contribution is 6.10. The zero-order valence-electron chi connectivity index (χ0n) is 11.5. The van der Waals surface area contributed by atoms with Gasteiger partial charge in [-0.3, -0.25) is 4.79 Å². The summed E-state index contributed by atoms with van der Waals surface area (Å²) >= 11 is 0. The molecule has 0 heterocycles. The maximum atomic E-state index is 12.2. The average molecular weight is 285 g/mol. The molecule has 0 spiro atoms. The number of aromatic carboxylic acids is 1. The summed E-state index contributed by atoms with van der Waals surface area (Å²) in [5, 5.41) is 11.8. The second-order valence-electron chi connectivity index (χ2n) is 4.43. The van der Waals surface area contributed by atoms with Gasteiger partial charge in [-0.1, -0.05) is 24.3 Å². The van der Waals surface area contributed by atoms with Gasteiger partial charge in [-0.2, -0.15) is 0 Å². The van der Waals surface area contributed by atoms with Crippen LogP contribution in [0.4, 0.5) is 5.69 Å². The lowest BCUT2D eigenvalue weighted by molar-refractivity contribution is 0.0692. The molecule has 0 unspecified atom stereocenters. The summed E-state index contributed by atoms with van der Waals surface area (Å²) < 4.78 is 5.01. The Morgan fingerprint density at radius 2 is 1.67 bits per heavy atom. The van der Waals surface area contributed by atoms with Crippen molar-refractivity contribution in [3.8, 4) is 0 Å². The van der Waals surface area contributed by atoms with Crippen molar-refractivity contribution in [1.82, 2.24) is 0 Å². The molecule has 0 aromatic heterocycles. The van der Waals surface area contributed by atoms with Crippen LogP contribution in [0.25, 0.3) is 0 Å². The number of hydrogen-bond acceptors (Lipinski definition) is 3. The molecule has 2 aromatic carbocycles. The predicted molar refractivity (Wildman–Crippen MR) is 78.5 cm³/mol. The van der Waals surface area contributed by atoms with Crippen molar-refractivity contribution in [3.63, 3.8) is 0 Å². The van der Waals surface area contributed by atoms with E-state index in [1.807, 2.05) is 12.1 Å². The summed E-state index contributed by atoms with van der Waals surface area (Å²) in [4.78, 5) is 23.3. The van der Waals surface area contributed by atoms with Crippen molar-refractivity contribution in [2.45, 2.75) is 6.61 Å². The maximum absolute atomic E-state index is 12.2. The predicted octanol–water partition coefficient (Wildman–Crippen LogP) is 2.78. The summed E-state index contributed by atoms with van der Waals surface area (Å²) in [6.45, 7) is 0.496. The normalized spacial score (nSPS) is 10.1. The van der Waals surface area contributed by atoms with Gasteiger partial charge in [0.15, 0.2) is 0 Å². The summed E-state index contributed by atoms with van der Waals surface area (Å²) in [5.41, 5.74) is 1.69. The van der Waals surface area contributed by atoms with Gasteiger partial charge >= 0.3 is 5.97 Å². The van der Waals surface area contributed by atoms with Crippen molar-refractivity contribution < 1.29 is 19.4 Å². The van der Waals surface area contributed by atoms with Crippen LogP contribution >= 0.6 is 0 Å². The first-order chi connectivity index (χ1) is 10.1. The molecule has 108 valence electrons. The smallest absolute Gasteiger partial charge is 0.336 e. The van der Waals surface area contributed by atoms with E-state index in [1.165, 1.54) is 12.1 Å². The molecule has 0 aliphatic carbocycles. The van der Waals surface area contributed by atoms with Gasteiger partial charge in [0.1, 0.15) is 0 Å². The third-order valence-corrected chi connectivity index (χ3v) is 2.92. The van der Waals surface area contributed by atoms with Gasteiger partial charge < -0.3 is 15.2 Å². The number of carboxylic acid groups (broad SMARTS) is 1. The zero-order valence-corrected chi connectivity index (χ0v) is 11.5. The minimum Gasteiger partial charge on any atom is -0.478 e. The average Bonchev–Trinajstić information content (AvgIpc) is 2.49. The number of rotatable bonds is 5. The standard InChI is InChI=1S/C16H15NO4/c1-21-10-11-6-8-12(9-7-11)17-15(18)13-4-2-3-5-14(13)16(19)20/h2-9H,10H2,1H3,(H,17,18)(H,19,20). The summed E-state index contributed by atoms with van der Waals surface area (Å²) in [7, 11) is 1.61. The number of carboxylic acids is 1. The molecule has 21 heavy (non-hydrogen) atoms. The Morgan fingerprint density at radius 1 is 1.05 bits per heavy atom. The van der Waals surface area contributed by atoms with E-state index in [4.69, 9.17) is 9.84 Å². The summed E-state index contributed by atoms with van der Waals surface area (Å²) in [6, 6.07) is 13.3. The molecule has 0 saturated carbocycles. The Kier molecular flexibility index (Phi) is 4.68. The second-order valence-corrected chi connectivity index (χ2v) is 4.43. The number of anilines is 1. The quantitative estimate of drug-likeness (QED) is 0.885.